The number of halogens is 1. The average Bonchev–Trinajstić information content (AvgIpc) is 2.53. The third-order valence-corrected chi connectivity index (χ3v) is 4.59. The molecule has 0 spiro atoms. The first kappa shape index (κ1) is 14.5. The largest absolute Gasteiger partial charge is 0.486 e. The van der Waals surface area contributed by atoms with Crippen LogP contribution in [0.5, 0.6) is 11.5 Å². The first-order valence-corrected chi connectivity index (χ1v) is 8.31. The van der Waals surface area contributed by atoms with Crippen LogP contribution in [0.15, 0.2) is 51.8 Å². The predicted molar refractivity (Wildman–Crippen MR) is 86.6 cm³/mol. The molecule has 0 saturated heterocycles. The van der Waals surface area contributed by atoms with E-state index in [1.165, 1.54) is 11.8 Å². The van der Waals surface area contributed by atoms with Gasteiger partial charge in [0.05, 0.1) is 5.75 Å². The lowest BCUT2D eigenvalue weighted by atomic mass is 10.1. The SMILES string of the molecule is O=C(CSc1ccc(Br)cc1)c1ccc2c(c1)OCCO2. The molecule has 0 fully saturated rings. The molecule has 0 saturated carbocycles. The van der Waals surface area contributed by atoms with E-state index in [-0.39, 0.29) is 5.78 Å². The second kappa shape index (κ2) is 6.54. The zero-order valence-corrected chi connectivity index (χ0v) is 13.6. The van der Waals surface area contributed by atoms with Crippen LogP contribution < -0.4 is 9.47 Å². The fourth-order valence-electron chi connectivity index (χ4n) is 1.98. The molecule has 0 aromatic heterocycles. The molecule has 1 heterocycles. The van der Waals surface area contributed by atoms with Crippen LogP contribution in [0.3, 0.4) is 0 Å². The van der Waals surface area contributed by atoms with E-state index in [4.69, 9.17) is 9.47 Å². The minimum Gasteiger partial charge on any atom is -0.486 e. The molecule has 0 aliphatic carbocycles. The van der Waals surface area contributed by atoms with Gasteiger partial charge in [-0.15, -0.1) is 11.8 Å². The lowest BCUT2D eigenvalue weighted by Crippen LogP contribution is -2.16. The van der Waals surface area contributed by atoms with Crippen molar-refractivity contribution in [3.05, 3.63) is 52.5 Å². The van der Waals surface area contributed by atoms with Crippen molar-refractivity contribution in [3.63, 3.8) is 0 Å². The number of Topliss-reactive ketones (excluding diaryl/α,β-unsaturated/α-hetero) is 1. The number of thioether (sulfide) groups is 1. The van der Waals surface area contributed by atoms with Gasteiger partial charge in [-0.1, -0.05) is 15.9 Å². The molecule has 5 heteroatoms. The number of rotatable bonds is 4. The molecule has 2 aromatic rings. The Balaban J connectivity index is 1.66. The Kier molecular flexibility index (Phi) is 4.51. The van der Waals surface area contributed by atoms with E-state index in [0.29, 0.717) is 36.0 Å². The summed E-state index contributed by atoms with van der Waals surface area (Å²) in [5, 5.41) is 0. The molecule has 0 amide bonds. The molecule has 21 heavy (non-hydrogen) atoms. The summed E-state index contributed by atoms with van der Waals surface area (Å²) in [6.45, 7) is 1.08. The van der Waals surface area contributed by atoms with Gasteiger partial charge >= 0.3 is 0 Å². The van der Waals surface area contributed by atoms with Gasteiger partial charge in [-0.2, -0.15) is 0 Å². The van der Waals surface area contributed by atoms with Crippen molar-refractivity contribution >= 4 is 33.5 Å². The summed E-state index contributed by atoms with van der Waals surface area (Å²) in [7, 11) is 0. The lowest BCUT2D eigenvalue weighted by Gasteiger charge is -2.18. The van der Waals surface area contributed by atoms with Crippen LogP contribution in [0.1, 0.15) is 10.4 Å². The smallest absolute Gasteiger partial charge is 0.173 e. The topological polar surface area (TPSA) is 35.5 Å². The van der Waals surface area contributed by atoms with E-state index in [9.17, 15) is 4.79 Å². The van der Waals surface area contributed by atoms with E-state index in [0.717, 1.165) is 9.37 Å². The van der Waals surface area contributed by atoms with Crippen LogP contribution in [0.4, 0.5) is 0 Å². The highest BCUT2D eigenvalue weighted by Gasteiger charge is 2.15. The number of fused-ring (bicyclic) bond motifs is 1. The Morgan fingerprint density at radius 1 is 1.05 bits per heavy atom. The van der Waals surface area contributed by atoms with Gasteiger partial charge in [-0.25, -0.2) is 0 Å². The van der Waals surface area contributed by atoms with Crippen LogP contribution in [0.2, 0.25) is 0 Å². The standard InChI is InChI=1S/C16H13BrO3S/c17-12-2-4-13(5-3-12)21-10-14(18)11-1-6-15-16(9-11)20-8-7-19-15/h1-6,9H,7-8,10H2. The Labute approximate surface area is 135 Å². The van der Waals surface area contributed by atoms with Gasteiger partial charge < -0.3 is 9.47 Å². The Bertz CT molecular complexity index is 655. The summed E-state index contributed by atoms with van der Waals surface area (Å²) in [5.41, 5.74) is 0.656. The minimum absolute atomic E-state index is 0.0832. The Morgan fingerprint density at radius 2 is 1.76 bits per heavy atom. The van der Waals surface area contributed by atoms with E-state index >= 15 is 0 Å². The lowest BCUT2D eigenvalue weighted by molar-refractivity contribution is 0.102. The molecular formula is C16H13BrO3S. The van der Waals surface area contributed by atoms with Crippen LogP contribution >= 0.6 is 27.7 Å². The van der Waals surface area contributed by atoms with Crippen molar-refractivity contribution in [1.82, 2.24) is 0 Å². The summed E-state index contributed by atoms with van der Waals surface area (Å²) in [6.07, 6.45) is 0. The van der Waals surface area contributed by atoms with Crippen LogP contribution in [0, 0.1) is 0 Å². The van der Waals surface area contributed by atoms with Crippen molar-refractivity contribution in [2.45, 2.75) is 4.90 Å². The van der Waals surface area contributed by atoms with Crippen LogP contribution in [-0.4, -0.2) is 24.7 Å². The second-order valence-corrected chi connectivity index (χ2v) is 6.49. The number of ketones is 1. The molecule has 1 aliphatic heterocycles. The van der Waals surface area contributed by atoms with Gasteiger partial charge in [0, 0.05) is 14.9 Å². The average molecular weight is 365 g/mol. The minimum atomic E-state index is 0.0832. The maximum Gasteiger partial charge on any atom is 0.173 e. The zero-order valence-electron chi connectivity index (χ0n) is 11.2. The van der Waals surface area contributed by atoms with Gasteiger partial charge in [0.1, 0.15) is 13.2 Å². The number of carbonyl (C=O) groups is 1. The van der Waals surface area contributed by atoms with Gasteiger partial charge in [0.15, 0.2) is 17.3 Å². The van der Waals surface area contributed by atoms with Crippen molar-refractivity contribution in [1.29, 1.82) is 0 Å². The maximum atomic E-state index is 12.2. The number of hydrogen-bond donors (Lipinski definition) is 0. The quantitative estimate of drug-likeness (QED) is 0.601. The number of benzene rings is 2. The first-order chi connectivity index (χ1) is 10.2. The molecule has 1 aliphatic rings. The van der Waals surface area contributed by atoms with E-state index < -0.39 is 0 Å². The van der Waals surface area contributed by atoms with Crippen molar-refractivity contribution in [2.24, 2.45) is 0 Å². The van der Waals surface area contributed by atoms with Crippen LogP contribution in [0.25, 0.3) is 0 Å². The third-order valence-electron chi connectivity index (χ3n) is 3.05. The Morgan fingerprint density at radius 3 is 2.52 bits per heavy atom. The van der Waals surface area contributed by atoms with Gasteiger partial charge in [-0.3, -0.25) is 4.79 Å². The van der Waals surface area contributed by atoms with Crippen molar-refractivity contribution in [3.8, 4) is 11.5 Å². The van der Waals surface area contributed by atoms with E-state index in [2.05, 4.69) is 15.9 Å². The number of ether oxygens (including phenoxy) is 2. The fraction of sp³-hybridized carbons (Fsp3) is 0.188. The highest BCUT2D eigenvalue weighted by Crippen LogP contribution is 2.31. The molecule has 0 bridgehead atoms. The Hall–Kier alpha value is -1.46. The highest BCUT2D eigenvalue weighted by atomic mass is 79.9. The monoisotopic (exact) mass is 364 g/mol. The van der Waals surface area contributed by atoms with Gasteiger partial charge in [0.25, 0.3) is 0 Å². The molecule has 108 valence electrons. The normalized spacial score (nSPS) is 13.0. The number of hydrogen-bond acceptors (Lipinski definition) is 4. The number of carbonyl (C=O) groups excluding carboxylic acids is 1. The molecule has 0 N–H and O–H groups in total. The van der Waals surface area contributed by atoms with Crippen molar-refractivity contribution in [2.75, 3.05) is 19.0 Å². The molecule has 2 aromatic carbocycles. The first-order valence-electron chi connectivity index (χ1n) is 6.53. The summed E-state index contributed by atoms with van der Waals surface area (Å²) in [6, 6.07) is 13.3. The predicted octanol–water partition coefficient (Wildman–Crippen LogP) is 4.20. The summed E-state index contributed by atoms with van der Waals surface area (Å²) >= 11 is 4.92. The van der Waals surface area contributed by atoms with E-state index in [1.54, 1.807) is 18.2 Å². The molecular weight excluding hydrogens is 352 g/mol. The molecule has 0 atom stereocenters. The molecule has 3 rings (SSSR count). The zero-order chi connectivity index (χ0) is 14.7. The van der Waals surface area contributed by atoms with Gasteiger partial charge in [0.2, 0.25) is 0 Å². The van der Waals surface area contributed by atoms with Crippen LogP contribution in [-0.2, 0) is 0 Å². The summed E-state index contributed by atoms with van der Waals surface area (Å²) in [5.74, 6) is 1.85. The molecule has 3 nitrogen and oxygen atoms in total. The fourth-order valence-corrected chi connectivity index (χ4v) is 3.04. The highest BCUT2D eigenvalue weighted by molar-refractivity contribution is 9.10. The maximum absolute atomic E-state index is 12.2. The molecule has 0 unspecified atom stereocenters. The summed E-state index contributed by atoms with van der Waals surface area (Å²) in [4.78, 5) is 13.3. The third kappa shape index (κ3) is 3.60. The second-order valence-electron chi connectivity index (χ2n) is 4.52. The summed E-state index contributed by atoms with van der Waals surface area (Å²) < 4.78 is 12.0. The van der Waals surface area contributed by atoms with Crippen molar-refractivity contribution < 1.29 is 14.3 Å². The van der Waals surface area contributed by atoms with E-state index in [1.807, 2.05) is 24.3 Å². The molecule has 0 radical (unpaired) electrons. The van der Waals surface area contributed by atoms with Gasteiger partial charge in [-0.05, 0) is 42.5 Å².